The van der Waals surface area contributed by atoms with Crippen LogP contribution < -0.4 is 16.0 Å². The van der Waals surface area contributed by atoms with E-state index in [1.165, 1.54) is 19.2 Å². The van der Waals surface area contributed by atoms with Crippen molar-refractivity contribution in [2.24, 2.45) is 0 Å². The van der Waals surface area contributed by atoms with E-state index in [4.69, 9.17) is 9.72 Å². The number of esters is 1. The van der Waals surface area contributed by atoms with Gasteiger partial charge in [-0.2, -0.15) is 0 Å². The summed E-state index contributed by atoms with van der Waals surface area (Å²) in [5, 5.41) is 9.20. The summed E-state index contributed by atoms with van der Waals surface area (Å²) in [5.74, 6) is -0.681. The number of ether oxygens (including phenoxy) is 1. The predicted molar refractivity (Wildman–Crippen MR) is 134 cm³/mol. The van der Waals surface area contributed by atoms with E-state index in [0.29, 0.717) is 43.1 Å². The Labute approximate surface area is 209 Å². The molecule has 3 N–H and O–H groups in total. The third-order valence-electron chi connectivity index (χ3n) is 5.86. The lowest BCUT2D eigenvalue weighted by atomic mass is 9.95. The summed E-state index contributed by atoms with van der Waals surface area (Å²) in [6, 6.07) is 13.6. The number of halogens is 1. The van der Waals surface area contributed by atoms with E-state index < -0.39 is 5.97 Å². The second-order valence-electron chi connectivity index (χ2n) is 8.38. The molecule has 4 rings (SSSR count). The fourth-order valence-corrected chi connectivity index (χ4v) is 3.99. The number of carbonyl (C=O) groups is 2. The maximum absolute atomic E-state index is 13.6. The number of anilines is 1. The van der Waals surface area contributed by atoms with Gasteiger partial charge in [0.2, 0.25) is 0 Å². The Bertz CT molecular complexity index is 1250. The van der Waals surface area contributed by atoms with Crippen molar-refractivity contribution in [1.29, 1.82) is 0 Å². The molecule has 2 aromatic heterocycles. The number of nitrogens with one attached hydrogen (secondary N) is 3. The van der Waals surface area contributed by atoms with Gasteiger partial charge in [-0.05, 0) is 60.4 Å². The molecule has 0 saturated heterocycles. The molecule has 1 aliphatic rings. The SMILES string of the molecule is COC(=O)C1=CC(c2ccc(C(=O)NCc3cccnc3)c(NCCc3cccc(F)c3)n2)CCN1. The summed E-state index contributed by atoms with van der Waals surface area (Å²) in [6.45, 7) is 1.39. The molecular weight excluding hydrogens is 461 g/mol. The fraction of sp³-hybridized carbons (Fsp3) is 0.259. The predicted octanol–water partition coefficient (Wildman–Crippen LogP) is 3.33. The molecule has 0 radical (unpaired) electrons. The molecule has 0 spiro atoms. The van der Waals surface area contributed by atoms with E-state index in [9.17, 15) is 14.0 Å². The second kappa shape index (κ2) is 11.9. The lowest BCUT2D eigenvalue weighted by Gasteiger charge is -2.22. The van der Waals surface area contributed by atoms with E-state index in [0.717, 1.165) is 23.2 Å². The molecule has 1 aromatic carbocycles. The highest BCUT2D eigenvalue weighted by atomic mass is 19.1. The van der Waals surface area contributed by atoms with E-state index in [1.54, 1.807) is 36.7 Å². The van der Waals surface area contributed by atoms with Gasteiger partial charge in [-0.1, -0.05) is 18.2 Å². The topological polar surface area (TPSA) is 105 Å². The van der Waals surface area contributed by atoms with Crippen LogP contribution in [0.2, 0.25) is 0 Å². The first-order valence-corrected chi connectivity index (χ1v) is 11.7. The second-order valence-corrected chi connectivity index (χ2v) is 8.38. The molecule has 36 heavy (non-hydrogen) atoms. The summed E-state index contributed by atoms with van der Waals surface area (Å²) in [7, 11) is 1.34. The van der Waals surface area contributed by atoms with Crippen LogP contribution in [0.4, 0.5) is 10.2 Å². The number of rotatable bonds is 9. The minimum Gasteiger partial charge on any atom is -0.464 e. The number of pyridine rings is 2. The first-order chi connectivity index (χ1) is 17.5. The smallest absolute Gasteiger partial charge is 0.353 e. The lowest BCUT2D eigenvalue weighted by Crippen LogP contribution is -2.29. The van der Waals surface area contributed by atoms with Crippen molar-refractivity contribution < 1.29 is 18.7 Å². The van der Waals surface area contributed by atoms with Crippen LogP contribution in [0.5, 0.6) is 0 Å². The Hall–Kier alpha value is -4.27. The minimum atomic E-state index is -0.431. The van der Waals surface area contributed by atoms with Gasteiger partial charge in [-0.15, -0.1) is 0 Å². The number of hydrogen-bond donors (Lipinski definition) is 3. The van der Waals surface area contributed by atoms with Crippen molar-refractivity contribution in [3.8, 4) is 0 Å². The van der Waals surface area contributed by atoms with Crippen LogP contribution >= 0.6 is 0 Å². The maximum atomic E-state index is 13.6. The highest BCUT2D eigenvalue weighted by molar-refractivity contribution is 5.98. The van der Waals surface area contributed by atoms with E-state index in [2.05, 4.69) is 20.9 Å². The van der Waals surface area contributed by atoms with Crippen LogP contribution in [-0.2, 0) is 22.5 Å². The van der Waals surface area contributed by atoms with Crippen molar-refractivity contribution in [3.05, 3.63) is 101 Å². The van der Waals surface area contributed by atoms with E-state index in [1.807, 2.05) is 18.2 Å². The van der Waals surface area contributed by atoms with Gasteiger partial charge in [0.15, 0.2) is 0 Å². The molecule has 3 aromatic rings. The summed E-state index contributed by atoms with van der Waals surface area (Å²) < 4.78 is 18.4. The zero-order valence-corrected chi connectivity index (χ0v) is 20.0. The molecule has 1 atom stereocenters. The Balaban J connectivity index is 1.55. The summed E-state index contributed by atoms with van der Waals surface area (Å²) in [6.07, 6.45) is 6.47. The minimum absolute atomic E-state index is 0.114. The van der Waals surface area contributed by atoms with Crippen LogP contribution in [0.15, 0.2) is 72.7 Å². The monoisotopic (exact) mass is 489 g/mol. The summed E-state index contributed by atoms with van der Waals surface area (Å²) in [4.78, 5) is 33.8. The fourth-order valence-electron chi connectivity index (χ4n) is 3.99. The molecular formula is C27H28FN5O3. The number of aromatic nitrogens is 2. The number of benzene rings is 1. The highest BCUT2D eigenvalue weighted by Crippen LogP contribution is 2.26. The van der Waals surface area contributed by atoms with Gasteiger partial charge in [0.1, 0.15) is 17.3 Å². The van der Waals surface area contributed by atoms with Gasteiger partial charge in [0.25, 0.3) is 5.91 Å². The van der Waals surface area contributed by atoms with Crippen molar-refractivity contribution in [2.75, 3.05) is 25.5 Å². The maximum Gasteiger partial charge on any atom is 0.353 e. The molecule has 1 amide bonds. The Morgan fingerprint density at radius 2 is 2.03 bits per heavy atom. The molecule has 1 aliphatic heterocycles. The molecule has 0 bridgehead atoms. The van der Waals surface area contributed by atoms with Crippen LogP contribution in [-0.4, -0.2) is 42.0 Å². The molecule has 0 aliphatic carbocycles. The molecule has 186 valence electrons. The Kier molecular flexibility index (Phi) is 8.23. The molecule has 0 saturated carbocycles. The number of methoxy groups -OCH3 is 1. The quantitative estimate of drug-likeness (QED) is 0.396. The van der Waals surface area contributed by atoms with Crippen molar-refractivity contribution in [3.63, 3.8) is 0 Å². The van der Waals surface area contributed by atoms with Crippen molar-refractivity contribution in [2.45, 2.75) is 25.3 Å². The zero-order chi connectivity index (χ0) is 25.3. The first kappa shape index (κ1) is 24.8. The average Bonchev–Trinajstić information content (AvgIpc) is 2.92. The average molecular weight is 490 g/mol. The largest absolute Gasteiger partial charge is 0.464 e. The van der Waals surface area contributed by atoms with Gasteiger partial charge in [-0.25, -0.2) is 14.2 Å². The first-order valence-electron chi connectivity index (χ1n) is 11.7. The normalized spacial score (nSPS) is 14.8. The summed E-state index contributed by atoms with van der Waals surface area (Å²) >= 11 is 0. The molecule has 9 heteroatoms. The molecule has 1 unspecified atom stereocenters. The summed E-state index contributed by atoms with van der Waals surface area (Å²) in [5.41, 5.74) is 3.24. The molecule has 0 fully saturated rings. The lowest BCUT2D eigenvalue weighted by molar-refractivity contribution is -0.136. The standard InChI is InChI=1S/C27H28FN5O3/c1-36-27(35)24-15-20(10-13-30-24)23-8-7-22(26(34)32-17-19-5-3-11-29-16-19)25(33-23)31-12-9-18-4-2-6-21(28)14-18/h2-8,11,14-16,20,30H,9-10,12-13,17H2,1H3,(H,31,33)(H,32,34). The zero-order valence-electron chi connectivity index (χ0n) is 20.0. The van der Waals surface area contributed by atoms with E-state index >= 15 is 0 Å². The third-order valence-corrected chi connectivity index (χ3v) is 5.86. The van der Waals surface area contributed by atoms with Crippen molar-refractivity contribution in [1.82, 2.24) is 20.6 Å². The molecule has 3 heterocycles. The number of carbonyl (C=O) groups excluding carboxylic acids is 2. The van der Waals surface area contributed by atoms with Crippen LogP contribution in [0.25, 0.3) is 0 Å². The Morgan fingerprint density at radius 3 is 2.81 bits per heavy atom. The van der Waals surface area contributed by atoms with Gasteiger partial charge < -0.3 is 20.7 Å². The van der Waals surface area contributed by atoms with Crippen LogP contribution in [0, 0.1) is 5.82 Å². The van der Waals surface area contributed by atoms with Crippen molar-refractivity contribution >= 4 is 17.7 Å². The number of nitrogens with zero attached hydrogens (tertiary/aromatic N) is 2. The van der Waals surface area contributed by atoms with Gasteiger partial charge in [0.05, 0.1) is 12.7 Å². The number of amides is 1. The van der Waals surface area contributed by atoms with Crippen LogP contribution in [0.3, 0.4) is 0 Å². The van der Waals surface area contributed by atoms with Crippen LogP contribution in [0.1, 0.15) is 39.5 Å². The van der Waals surface area contributed by atoms with Gasteiger partial charge in [-0.3, -0.25) is 9.78 Å². The Morgan fingerprint density at radius 1 is 1.17 bits per heavy atom. The van der Waals surface area contributed by atoms with Gasteiger partial charge >= 0.3 is 5.97 Å². The highest BCUT2D eigenvalue weighted by Gasteiger charge is 2.22. The molecule has 8 nitrogen and oxygen atoms in total. The van der Waals surface area contributed by atoms with E-state index in [-0.39, 0.29) is 17.6 Å². The third kappa shape index (κ3) is 6.44. The van der Waals surface area contributed by atoms with Gasteiger partial charge in [0, 0.05) is 43.6 Å². The number of hydrogen-bond acceptors (Lipinski definition) is 7. The number of allylic oxidation sites excluding steroid dienone is 1.